The van der Waals surface area contributed by atoms with Crippen molar-refractivity contribution in [2.45, 2.75) is 93.8 Å². The van der Waals surface area contributed by atoms with Gasteiger partial charge in [-0.05, 0) is 77.5 Å². The van der Waals surface area contributed by atoms with Crippen molar-refractivity contribution in [1.82, 2.24) is 5.32 Å². The topological polar surface area (TPSA) is 69.6 Å². The van der Waals surface area contributed by atoms with Crippen LogP contribution in [0.15, 0.2) is 23.8 Å². The van der Waals surface area contributed by atoms with Gasteiger partial charge < -0.3 is 20.3 Å². The molecule has 1 saturated heterocycles. The Morgan fingerprint density at radius 3 is 1.54 bits per heavy atom. The normalized spacial score (nSPS) is 19.6. The van der Waals surface area contributed by atoms with Gasteiger partial charge in [-0.2, -0.15) is 0 Å². The molecule has 3 N–H and O–H groups in total. The minimum Gasteiger partial charge on any atom is -0.394 e. The number of piperidine rings is 1. The fraction of sp³-hybridized carbons (Fsp3) is 0.792. The summed E-state index contributed by atoms with van der Waals surface area (Å²) in [5.74, 6) is 1.47. The van der Waals surface area contributed by atoms with Gasteiger partial charge in [-0.3, -0.25) is 0 Å². The largest absolute Gasteiger partial charge is 0.394 e. The first-order valence-electron chi connectivity index (χ1n) is 10.4. The quantitative estimate of drug-likeness (QED) is 0.600. The number of carbonyl (C=O) groups is 1. The van der Waals surface area contributed by atoms with E-state index in [2.05, 4.69) is 46.5 Å². The Bertz CT molecular complexity index is 415. The molecule has 0 bridgehead atoms. The predicted molar refractivity (Wildman–Crippen MR) is 124 cm³/mol. The van der Waals surface area contributed by atoms with Crippen molar-refractivity contribution in [2.24, 2.45) is 17.3 Å². The summed E-state index contributed by atoms with van der Waals surface area (Å²) in [4.78, 5) is 8.00. The zero-order valence-corrected chi connectivity index (χ0v) is 20.4. The molecule has 28 heavy (non-hydrogen) atoms. The lowest BCUT2D eigenvalue weighted by molar-refractivity contribution is -0.0980. The summed E-state index contributed by atoms with van der Waals surface area (Å²) in [7, 11) is 0. The minimum absolute atomic E-state index is 0.167. The van der Waals surface area contributed by atoms with Crippen LogP contribution in [0.25, 0.3) is 0 Å². The van der Waals surface area contributed by atoms with Gasteiger partial charge in [-0.25, -0.2) is 0 Å². The number of nitrogens with one attached hydrogen (secondary N) is 1. The molecule has 0 radical (unpaired) electrons. The Kier molecular flexibility index (Phi) is 18.0. The number of carbonyl (C=O) groups excluding carboxylic acids is 1. The first-order chi connectivity index (χ1) is 12.6. The number of allylic oxidation sites excluding steroid dienone is 3. The molecule has 0 amide bonds. The van der Waals surface area contributed by atoms with Gasteiger partial charge >= 0.3 is 0 Å². The van der Waals surface area contributed by atoms with E-state index in [4.69, 9.17) is 15.0 Å². The number of rotatable bonds is 2. The third-order valence-corrected chi connectivity index (χ3v) is 3.98. The Hall–Kier alpha value is -0.970. The van der Waals surface area contributed by atoms with Crippen molar-refractivity contribution in [1.29, 1.82) is 0 Å². The van der Waals surface area contributed by atoms with Gasteiger partial charge in [0.1, 0.15) is 6.79 Å². The van der Waals surface area contributed by atoms with E-state index in [0.717, 1.165) is 11.8 Å². The fourth-order valence-electron chi connectivity index (χ4n) is 2.61. The van der Waals surface area contributed by atoms with Crippen molar-refractivity contribution >= 4 is 6.79 Å². The lowest BCUT2D eigenvalue weighted by Gasteiger charge is -2.29. The molecule has 4 nitrogen and oxygen atoms in total. The van der Waals surface area contributed by atoms with Crippen LogP contribution in [0.3, 0.4) is 0 Å². The lowest BCUT2D eigenvalue weighted by Crippen LogP contribution is -2.32. The summed E-state index contributed by atoms with van der Waals surface area (Å²) in [5.41, 5.74) is 3.20. The van der Waals surface area contributed by atoms with Gasteiger partial charge in [0.15, 0.2) is 0 Å². The standard InChI is InChI=1S/C9H14.C7H15N.C4H10O.C3H8O.CH2O/c1-5-8-7(4)9(8)6(2)3;1-7(2)3-5-8-6-4-7;1-4(2,3)5;1-3(2)4;1-2/h5-7H,1H2,2-4H3;8H,3-6H2,1-2H3;5H,1-3H3;3-4H,1-2H3;1H2. The highest BCUT2D eigenvalue weighted by Crippen LogP contribution is 2.44. The van der Waals surface area contributed by atoms with E-state index in [1.54, 1.807) is 40.2 Å². The van der Waals surface area contributed by atoms with Crippen molar-refractivity contribution < 1.29 is 15.0 Å². The second-order valence-electron chi connectivity index (χ2n) is 9.67. The molecule has 1 heterocycles. The molecule has 0 aromatic rings. The van der Waals surface area contributed by atoms with E-state index in [1.807, 2.05) is 12.9 Å². The number of aliphatic hydroxyl groups excluding tert-OH is 1. The van der Waals surface area contributed by atoms with Crippen molar-refractivity contribution in [3.05, 3.63) is 23.8 Å². The van der Waals surface area contributed by atoms with Crippen LogP contribution in [0, 0.1) is 17.3 Å². The van der Waals surface area contributed by atoms with Crippen LogP contribution in [0.2, 0.25) is 0 Å². The molecular formula is C24H49NO3. The molecule has 1 aliphatic carbocycles. The van der Waals surface area contributed by atoms with Gasteiger partial charge in [-0.15, -0.1) is 0 Å². The molecule has 1 aliphatic heterocycles. The predicted octanol–water partition coefficient (Wildman–Crippen LogP) is 5.15. The maximum atomic E-state index is 8.52. The number of hydrogen-bond acceptors (Lipinski definition) is 4. The Morgan fingerprint density at radius 2 is 1.43 bits per heavy atom. The molecule has 168 valence electrons. The molecule has 1 atom stereocenters. The van der Waals surface area contributed by atoms with Crippen LogP contribution in [0.5, 0.6) is 0 Å². The Labute approximate surface area is 175 Å². The maximum absolute atomic E-state index is 8.52. The summed E-state index contributed by atoms with van der Waals surface area (Å²) in [5, 5.41) is 19.9. The van der Waals surface area contributed by atoms with E-state index in [9.17, 15) is 0 Å². The SMILES string of the molecule is C=CC1=C(C(C)C)C1C.C=O.CC(C)(C)O.CC(C)O.CC1(C)CCNCC1. The molecule has 1 fully saturated rings. The highest BCUT2D eigenvalue weighted by molar-refractivity contribution is 5.47. The average molecular weight is 400 g/mol. The van der Waals surface area contributed by atoms with Crippen LogP contribution in [0.1, 0.15) is 82.1 Å². The Balaban J connectivity index is -0.000000303. The van der Waals surface area contributed by atoms with Crippen molar-refractivity contribution in [2.75, 3.05) is 13.1 Å². The molecule has 0 spiro atoms. The van der Waals surface area contributed by atoms with E-state index in [0.29, 0.717) is 5.41 Å². The van der Waals surface area contributed by atoms with Crippen LogP contribution in [0.4, 0.5) is 0 Å². The smallest absolute Gasteiger partial charge is 0.106 e. The Morgan fingerprint density at radius 1 is 1.11 bits per heavy atom. The monoisotopic (exact) mass is 399 g/mol. The van der Waals surface area contributed by atoms with Crippen LogP contribution in [-0.4, -0.2) is 41.8 Å². The van der Waals surface area contributed by atoms with Gasteiger partial charge in [0.25, 0.3) is 0 Å². The molecule has 0 saturated carbocycles. The second kappa shape index (κ2) is 15.9. The van der Waals surface area contributed by atoms with E-state index < -0.39 is 5.60 Å². The minimum atomic E-state index is -0.500. The molecular weight excluding hydrogens is 350 g/mol. The maximum Gasteiger partial charge on any atom is 0.106 e. The molecule has 1 unspecified atom stereocenters. The third kappa shape index (κ3) is 23.1. The molecule has 0 aromatic heterocycles. The number of aliphatic hydroxyl groups is 2. The zero-order chi connectivity index (χ0) is 23.1. The lowest BCUT2D eigenvalue weighted by atomic mass is 9.83. The van der Waals surface area contributed by atoms with E-state index >= 15 is 0 Å². The number of hydrogen-bond donors (Lipinski definition) is 3. The molecule has 4 heteroatoms. The van der Waals surface area contributed by atoms with Gasteiger partial charge in [-0.1, -0.05) is 52.8 Å². The van der Waals surface area contributed by atoms with E-state index in [-0.39, 0.29) is 6.10 Å². The average Bonchev–Trinajstić information content (AvgIpc) is 3.18. The van der Waals surface area contributed by atoms with Crippen molar-refractivity contribution in [3.63, 3.8) is 0 Å². The van der Waals surface area contributed by atoms with Gasteiger partial charge in [0, 0.05) is 12.0 Å². The first-order valence-corrected chi connectivity index (χ1v) is 10.4. The first kappa shape index (κ1) is 31.7. The van der Waals surface area contributed by atoms with Crippen LogP contribution in [-0.2, 0) is 4.79 Å². The fourth-order valence-corrected chi connectivity index (χ4v) is 2.61. The highest BCUT2D eigenvalue weighted by Gasteiger charge is 2.30. The summed E-state index contributed by atoms with van der Waals surface area (Å²) in [6.07, 6.45) is 4.50. The molecule has 2 aliphatic rings. The van der Waals surface area contributed by atoms with Crippen molar-refractivity contribution in [3.8, 4) is 0 Å². The second-order valence-corrected chi connectivity index (χ2v) is 9.67. The van der Waals surface area contributed by atoms with Gasteiger partial charge in [0.05, 0.1) is 5.60 Å². The molecule has 2 rings (SSSR count). The zero-order valence-electron chi connectivity index (χ0n) is 20.4. The summed E-state index contributed by atoms with van der Waals surface area (Å²) in [6.45, 7) is 28.3. The van der Waals surface area contributed by atoms with Crippen LogP contribution < -0.4 is 5.32 Å². The third-order valence-electron chi connectivity index (χ3n) is 3.98. The summed E-state index contributed by atoms with van der Waals surface area (Å²) >= 11 is 0. The molecule has 0 aromatic carbocycles. The van der Waals surface area contributed by atoms with Crippen LogP contribution >= 0.6 is 0 Å². The summed E-state index contributed by atoms with van der Waals surface area (Å²) < 4.78 is 0. The van der Waals surface area contributed by atoms with Gasteiger partial charge in [0.2, 0.25) is 0 Å². The highest BCUT2D eigenvalue weighted by atomic mass is 16.3. The van der Waals surface area contributed by atoms with E-state index in [1.165, 1.54) is 31.5 Å². The summed E-state index contributed by atoms with van der Waals surface area (Å²) in [6, 6.07) is 0.